The Bertz CT molecular complexity index is 1580. The molecule has 1 aliphatic rings. The highest BCUT2D eigenvalue weighted by Gasteiger charge is 2.33. The van der Waals surface area contributed by atoms with E-state index in [0.717, 1.165) is 47.9 Å². The molecule has 46 heavy (non-hydrogen) atoms. The molecule has 8 nitrogen and oxygen atoms in total. The number of carbonyl (C=O) groups excluding carboxylic acids is 3. The first kappa shape index (κ1) is 32.4. The fourth-order valence-electron chi connectivity index (χ4n) is 6.03. The van der Waals surface area contributed by atoms with Gasteiger partial charge in [0.1, 0.15) is 5.75 Å². The Morgan fingerprint density at radius 1 is 0.826 bits per heavy atom. The van der Waals surface area contributed by atoms with Crippen LogP contribution in [0.1, 0.15) is 59.9 Å². The zero-order valence-electron chi connectivity index (χ0n) is 26.0. The molecule has 0 spiro atoms. The van der Waals surface area contributed by atoms with Crippen molar-refractivity contribution >= 4 is 23.7 Å². The second-order valence-corrected chi connectivity index (χ2v) is 11.6. The molecule has 238 valence electrons. The van der Waals surface area contributed by atoms with Crippen LogP contribution in [-0.4, -0.2) is 36.8 Å². The normalized spacial score (nSPS) is 16.6. The van der Waals surface area contributed by atoms with Crippen molar-refractivity contribution in [1.29, 1.82) is 0 Å². The van der Waals surface area contributed by atoms with Gasteiger partial charge in [-0.15, -0.1) is 0 Å². The highest BCUT2D eigenvalue weighted by atomic mass is 16.6. The zero-order valence-corrected chi connectivity index (χ0v) is 26.0. The molecule has 0 aromatic heterocycles. The van der Waals surface area contributed by atoms with Crippen LogP contribution in [0.15, 0.2) is 109 Å². The van der Waals surface area contributed by atoms with Crippen molar-refractivity contribution in [3.8, 4) is 5.75 Å². The third-order valence-electron chi connectivity index (χ3n) is 8.55. The smallest absolute Gasteiger partial charge is 0.420 e. The van der Waals surface area contributed by atoms with Crippen LogP contribution in [0.4, 0.5) is 10.5 Å². The highest BCUT2D eigenvalue weighted by Crippen LogP contribution is 2.38. The van der Waals surface area contributed by atoms with Crippen molar-refractivity contribution in [3.05, 3.63) is 131 Å². The molecule has 1 fully saturated rings. The average Bonchev–Trinajstić information content (AvgIpc) is 3.11. The van der Waals surface area contributed by atoms with Crippen molar-refractivity contribution in [3.63, 3.8) is 0 Å². The van der Waals surface area contributed by atoms with Crippen LogP contribution in [0.2, 0.25) is 0 Å². The van der Waals surface area contributed by atoms with E-state index in [0.29, 0.717) is 11.4 Å². The minimum Gasteiger partial charge on any atom is -0.469 e. The van der Waals surface area contributed by atoms with Gasteiger partial charge >= 0.3 is 12.1 Å². The molecule has 5 rings (SSSR count). The van der Waals surface area contributed by atoms with Crippen LogP contribution in [0.5, 0.6) is 5.75 Å². The Hall–Kier alpha value is -4.95. The lowest BCUT2D eigenvalue weighted by molar-refractivity contribution is -0.139. The summed E-state index contributed by atoms with van der Waals surface area (Å²) in [6.07, 6.45) is 3.35. The van der Waals surface area contributed by atoms with Crippen LogP contribution >= 0.6 is 0 Å². The molecule has 0 radical (unpaired) electrons. The predicted molar refractivity (Wildman–Crippen MR) is 176 cm³/mol. The predicted octanol–water partition coefficient (Wildman–Crippen LogP) is 6.73. The zero-order chi connectivity index (χ0) is 32.3. The third-order valence-corrected chi connectivity index (χ3v) is 8.55. The fraction of sp³-hybridized carbons (Fsp3) is 0.289. The number of methoxy groups -OCH3 is 1. The molecule has 2 amide bonds. The Balaban J connectivity index is 1.28. The summed E-state index contributed by atoms with van der Waals surface area (Å²) in [5, 5.41) is 13.1. The molecule has 1 aliphatic carbocycles. The molecule has 0 aliphatic heterocycles. The van der Waals surface area contributed by atoms with Gasteiger partial charge in [0.15, 0.2) is 0 Å². The summed E-state index contributed by atoms with van der Waals surface area (Å²) >= 11 is 0. The second-order valence-electron chi connectivity index (χ2n) is 11.6. The van der Waals surface area contributed by atoms with E-state index in [1.54, 1.807) is 29.2 Å². The molecule has 3 atom stereocenters. The van der Waals surface area contributed by atoms with E-state index in [4.69, 9.17) is 9.47 Å². The topological polar surface area (TPSA) is 105 Å². The maximum Gasteiger partial charge on any atom is 0.420 e. The molecule has 4 aromatic carbocycles. The number of esters is 1. The Morgan fingerprint density at radius 3 is 2.11 bits per heavy atom. The molecule has 2 N–H and O–H groups in total. The highest BCUT2D eigenvalue weighted by molar-refractivity contribution is 5.89. The van der Waals surface area contributed by atoms with E-state index in [1.165, 1.54) is 7.11 Å². The maximum atomic E-state index is 13.5. The number of para-hydroxylation sites is 1. The van der Waals surface area contributed by atoms with Crippen molar-refractivity contribution in [2.24, 2.45) is 5.92 Å². The van der Waals surface area contributed by atoms with Crippen molar-refractivity contribution in [2.75, 3.05) is 18.6 Å². The minimum atomic E-state index is -0.531. The van der Waals surface area contributed by atoms with Gasteiger partial charge in [0, 0.05) is 11.6 Å². The molecule has 0 bridgehead atoms. The first-order chi connectivity index (χ1) is 22.4. The van der Waals surface area contributed by atoms with E-state index in [1.807, 2.05) is 72.8 Å². The van der Waals surface area contributed by atoms with Gasteiger partial charge < -0.3 is 19.9 Å². The minimum absolute atomic E-state index is 0.0343. The number of anilines is 1. The van der Waals surface area contributed by atoms with Crippen molar-refractivity contribution in [1.82, 2.24) is 5.32 Å². The van der Waals surface area contributed by atoms with Gasteiger partial charge in [-0.2, -0.15) is 0 Å². The number of rotatable bonds is 11. The average molecular weight is 621 g/mol. The number of benzene rings is 4. The molecule has 3 unspecified atom stereocenters. The molecule has 0 saturated heterocycles. The number of aliphatic hydroxyl groups is 1. The molecule has 4 aromatic rings. The lowest BCUT2D eigenvalue weighted by Gasteiger charge is -2.32. The van der Waals surface area contributed by atoms with E-state index in [-0.39, 0.29) is 43.3 Å². The van der Waals surface area contributed by atoms with Gasteiger partial charge in [-0.1, -0.05) is 97.8 Å². The number of nitrogens with one attached hydrogen (secondary N) is 1. The summed E-state index contributed by atoms with van der Waals surface area (Å²) in [5.41, 5.74) is 4.34. The standard InChI is InChI=1S/C38H40N2O6/c1-45-36(42)24-27-18-22-32(23-19-27)46-38(44)40(31-12-6-3-7-13-31)25-28-16-20-29(21-17-28)33-14-8-9-15-34(33)37(43)39-35(26-41)30-10-4-2-5-11-30/h2-7,10-13,16-23,33-35,41H,8-9,14-15,24-26H2,1H3,(H,39,43). The van der Waals surface area contributed by atoms with Crippen molar-refractivity contribution < 1.29 is 29.0 Å². The quantitative estimate of drug-likeness (QED) is 0.180. The van der Waals surface area contributed by atoms with E-state index in [2.05, 4.69) is 17.4 Å². The van der Waals surface area contributed by atoms with Gasteiger partial charge in [-0.25, -0.2) is 4.79 Å². The van der Waals surface area contributed by atoms with Crippen LogP contribution < -0.4 is 15.0 Å². The summed E-state index contributed by atoms with van der Waals surface area (Å²) in [7, 11) is 1.34. The first-order valence-electron chi connectivity index (χ1n) is 15.7. The monoisotopic (exact) mass is 620 g/mol. The van der Waals surface area contributed by atoms with E-state index < -0.39 is 12.1 Å². The lowest BCUT2D eigenvalue weighted by atomic mass is 9.74. The molecular formula is C38H40N2O6. The number of aliphatic hydroxyl groups excluding tert-OH is 1. The SMILES string of the molecule is COC(=O)Cc1ccc(OC(=O)N(Cc2ccc(C3CCCCC3C(=O)NC(CO)c3ccccc3)cc2)c2ccccc2)cc1. The number of ether oxygens (including phenoxy) is 2. The molecule has 8 heteroatoms. The number of hydrogen-bond acceptors (Lipinski definition) is 6. The number of amides is 2. The van der Waals surface area contributed by atoms with Crippen LogP contribution in [-0.2, 0) is 27.3 Å². The van der Waals surface area contributed by atoms with Crippen LogP contribution in [0.25, 0.3) is 0 Å². The fourth-order valence-corrected chi connectivity index (χ4v) is 6.03. The second kappa shape index (κ2) is 15.9. The summed E-state index contributed by atoms with van der Waals surface area (Å²) in [6.45, 7) is 0.121. The third kappa shape index (κ3) is 8.40. The van der Waals surface area contributed by atoms with E-state index >= 15 is 0 Å². The van der Waals surface area contributed by atoms with E-state index in [9.17, 15) is 19.5 Å². The summed E-state index contributed by atoms with van der Waals surface area (Å²) < 4.78 is 10.4. The number of nitrogens with zero attached hydrogens (tertiary/aromatic N) is 1. The van der Waals surface area contributed by atoms with Gasteiger partial charge in [0.25, 0.3) is 0 Å². The van der Waals surface area contributed by atoms with Gasteiger partial charge in [0.05, 0.1) is 32.7 Å². The molecular weight excluding hydrogens is 580 g/mol. The van der Waals surface area contributed by atoms with Crippen molar-refractivity contribution in [2.45, 2.75) is 50.6 Å². The number of hydrogen-bond donors (Lipinski definition) is 2. The summed E-state index contributed by atoms with van der Waals surface area (Å²) in [4.78, 5) is 40.1. The Labute approximate surface area is 270 Å². The van der Waals surface area contributed by atoms with Gasteiger partial charge in [-0.05, 0) is 65.3 Å². The largest absolute Gasteiger partial charge is 0.469 e. The Kier molecular flexibility index (Phi) is 11.2. The molecule has 1 saturated carbocycles. The Morgan fingerprint density at radius 2 is 1.46 bits per heavy atom. The molecule has 0 heterocycles. The maximum absolute atomic E-state index is 13.5. The first-order valence-corrected chi connectivity index (χ1v) is 15.7. The van der Waals surface area contributed by atoms with Crippen LogP contribution in [0.3, 0.4) is 0 Å². The van der Waals surface area contributed by atoms with Gasteiger partial charge in [0.2, 0.25) is 5.91 Å². The van der Waals surface area contributed by atoms with Gasteiger partial charge in [-0.3, -0.25) is 14.5 Å². The number of carbonyl (C=O) groups is 3. The summed E-state index contributed by atoms with van der Waals surface area (Å²) in [5.74, 6) is -0.130. The lowest BCUT2D eigenvalue weighted by Crippen LogP contribution is -2.39. The van der Waals surface area contributed by atoms with Crippen LogP contribution in [0, 0.1) is 5.92 Å². The summed E-state index contributed by atoms with van der Waals surface area (Å²) in [6, 6.07) is 33.3.